The summed E-state index contributed by atoms with van der Waals surface area (Å²) in [5.41, 5.74) is 1.86. The molecule has 2 aromatic rings. The molecule has 1 atom stereocenters. The lowest BCUT2D eigenvalue weighted by atomic mass is 10.1. The third-order valence-corrected chi connectivity index (χ3v) is 6.93. The first-order valence-corrected chi connectivity index (χ1v) is 9.73. The maximum Gasteiger partial charge on any atom is 0.305 e. The van der Waals surface area contributed by atoms with Crippen LogP contribution in [0, 0.1) is 13.8 Å². The maximum absolute atomic E-state index is 13.4. The molecule has 1 aromatic heterocycles. The van der Waals surface area contributed by atoms with E-state index in [4.69, 9.17) is 4.74 Å². The summed E-state index contributed by atoms with van der Waals surface area (Å²) >= 11 is 0. The van der Waals surface area contributed by atoms with Crippen LogP contribution in [0.1, 0.15) is 29.3 Å². The monoisotopic (exact) mass is 378 g/mol. The van der Waals surface area contributed by atoms with E-state index in [0.29, 0.717) is 29.1 Å². The van der Waals surface area contributed by atoms with Gasteiger partial charge in [-0.25, -0.2) is 8.42 Å². The van der Waals surface area contributed by atoms with Gasteiger partial charge in [0.2, 0.25) is 10.0 Å². The molecule has 1 aliphatic heterocycles. The number of aromatic nitrogens is 1. The number of benzene rings is 1. The number of carbonyl (C=O) groups is 1. The van der Waals surface area contributed by atoms with Crippen molar-refractivity contribution < 1.29 is 23.1 Å². The average molecular weight is 378 g/mol. The molecule has 7 nitrogen and oxygen atoms in total. The number of ether oxygens (including phenoxy) is 1. The highest BCUT2D eigenvalue weighted by molar-refractivity contribution is 7.89. The van der Waals surface area contributed by atoms with Crippen molar-refractivity contribution >= 4 is 16.0 Å². The van der Waals surface area contributed by atoms with Gasteiger partial charge in [-0.1, -0.05) is 0 Å². The van der Waals surface area contributed by atoms with Crippen LogP contribution in [0.4, 0.5) is 0 Å². The molecule has 1 unspecified atom stereocenters. The Kier molecular flexibility index (Phi) is 4.81. The first-order valence-electron chi connectivity index (χ1n) is 8.29. The summed E-state index contributed by atoms with van der Waals surface area (Å²) in [7, 11) is -2.33. The summed E-state index contributed by atoms with van der Waals surface area (Å²) in [6.45, 7) is 4.17. The molecule has 2 heterocycles. The van der Waals surface area contributed by atoms with Gasteiger partial charge >= 0.3 is 5.97 Å². The van der Waals surface area contributed by atoms with Crippen LogP contribution in [0.5, 0.6) is 5.75 Å². The van der Waals surface area contributed by atoms with Crippen LogP contribution >= 0.6 is 0 Å². The zero-order chi connectivity index (χ0) is 19.1. The van der Waals surface area contributed by atoms with E-state index in [1.54, 1.807) is 32.0 Å². The van der Waals surface area contributed by atoms with Crippen LogP contribution in [0.2, 0.25) is 0 Å². The van der Waals surface area contributed by atoms with Crippen LogP contribution in [-0.2, 0) is 21.4 Å². The number of fused-ring (bicyclic) bond motifs is 1. The highest BCUT2D eigenvalue weighted by atomic mass is 32.2. The van der Waals surface area contributed by atoms with E-state index in [9.17, 15) is 18.3 Å². The fourth-order valence-corrected chi connectivity index (χ4v) is 5.66. The van der Waals surface area contributed by atoms with Crippen molar-refractivity contribution in [2.75, 3.05) is 13.7 Å². The number of rotatable bonds is 5. The van der Waals surface area contributed by atoms with Crippen molar-refractivity contribution in [2.24, 2.45) is 0 Å². The van der Waals surface area contributed by atoms with Crippen molar-refractivity contribution in [3.8, 4) is 5.75 Å². The average Bonchev–Trinajstić information content (AvgIpc) is 3.02. The van der Waals surface area contributed by atoms with E-state index >= 15 is 0 Å². The van der Waals surface area contributed by atoms with Crippen LogP contribution < -0.4 is 4.74 Å². The molecular formula is C18H22N2O5S. The molecule has 1 N–H and O–H groups in total. The Balaban J connectivity index is 2.10. The molecule has 0 amide bonds. The Labute approximate surface area is 152 Å². The maximum atomic E-state index is 13.4. The molecule has 0 fully saturated rings. The van der Waals surface area contributed by atoms with E-state index < -0.39 is 22.0 Å². The molecular weight excluding hydrogens is 356 g/mol. The quantitative estimate of drug-likeness (QED) is 0.863. The van der Waals surface area contributed by atoms with E-state index in [1.165, 1.54) is 11.4 Å². The smallest absolute Gasteiger partial charge is 0.305 e. The van der Waals surface area contributed by atoms with Gasteiger partial charge in [-0.3, -0.25) is 4.79 Å². The minimum Gasteiger partial charge on any atom is -0.497 e. The number of hydrogen-bond donors (Lipinski definition) is 1. The minimum atomic E-state index is -3.86. The standard InChI is InChI=1S/C18H22N2O5S/c1-12-9-14(25-3)10-13(2)18(12)26(23,24)20-8-7-19-6-4-5-15(19)16(20)11-17(21)22/h4-6,9-10,16H,7-8,11H2,1-3H3,(H,21,22). The van der Waals surface area contributed by atoms with E-state index in [-0.39, 0.29) is 17.9 Å². The molecule has 140 valence electrons. The Bertz CT molecular complexity index is 925. The van der Waals surface area contributed by atoms with Gasteiger partial charge in [0.1, 0.15) is 5.75 Å². The summed E-state index contributed by atoms with van der Waals surface area (Å²) in [4.78, 5) is 11.6. The third-order valence-electron chi connectivity index (χ3n) is 4.72. The number of aryl methyl sites for hydroxylation is 2. The topological polar surface area (TPSA) is 88.8 Å². The van der Waals surface area contributed by atoms with Gasteiger partial charge in [-0.15, -0.1) is 0 Å². The van der Waals surface area contributed by atoms with Gasteiger partial charge in [0.25, 0.3) is 0 Å². The van der Waals surface area contributed by atoms with Gasteiger partial charge in [-0.2, -0.15) is 4.31 Å². The highest BCUT2D eigenvalue weighted by Crippen LogP contribution is 2.36. The van der Waals surface area contributed by atoms with Crippen molar-refractivity contribution in [2.45, 2.75) is 37.8 Å². The van der Waals surface area contributed by atoms with Gasteiger partial charge < -0.3 is 14.4 Å². The second-order valence-corrected chi connectivity index (χ2v) is 8.27. The van der Waals surface area contributed by atoms with Crippen molar-refractivity contribution in [3.05, 3.63) is 47.3 Å². The number of aliphatic carboxylic acids is 1. The first kappa shape index (κ1) is 18.5. The Morgan fingerprint density at radius 1 is 1.27 bits per heavy atom. The predicted octanol–water partition coefficient (Wildman–Crippen LogP) is 2.33. The lowest BCUT2D eigenvalue weighted by Crippen LogP contribution is -2.43. The molecule has 1 aromatic carbocycles. The van der Waals surface area contributed by atoms with Gasteiger partial charge in [0.15, 0.2) is 0 Å². The fourth-order valence-electron chi connectivity index (χ4n) is 3.66. The highest BCUT2D eigenvalue weighted by Gasteiger charge is 2.39. The molecule has 0 saturated carbocycles. The second kappa shape index (κ2) is 6.77. The minimum absolute atomic E-state index is 0.216. The first-order chi connectivity index (χ1) is 12.3. The second-order valence-electron chi connectivity index (χ2n) is 6.45. The number of nitrogens with zero attached hydrogens (tertiary/aromatic N) is 2. The van der Waals surface area contributed by atoms with Gasteiger partial charge in [-0.05, 0) is 49.2 Å². The molecule has 8 heteroatoms. The van der Waals surface area contributed by atoms with Crippen molar-refractivity contribution in [3.63, 3.8) is 0 Å². The lowest BCUT2D eigenvalue weighted by molar-refractivity contribution is -0.138. The van der Waals surface area contributed by atoms with Crippen molar-refractivity contribution in [1.82, 2.24) is 8.87 Å². The number of carboxylic acid groups (broad SMARTS) is 1. The summed E-state index contributed by atoms with van der Waals surface area (Å²) in [6, 6.07) is 6.21. The summed E-state index contributed by atoms with van der Waals surface area (Å²) in [5.74, 6) is -0.443. The van der Waals surface area contributed by atoms with Gasteiger partial charge in [0.05, 0.1) is 24.5 Å². The van der Waals surface area contributed by atoms with Crippen molar-refractivity contribution in [1.29, 1.82) is 0 Å². The van der Waals surface area contributed by atoms with Crippen LogP contribution in [0.15, 0.2) is 35.4 Å². The van der Waals surface area contributed by atoms with E-state index in [2.05, 4.69) is 0 Å². The Morgan fingerprint density at radius 3 is 2.50 bits per heavy atom. The summed E-state index contributed by atoms with van der Waals surface area (Å²) in [5, 5.41) is 9.31. The summed E-state index contributed by atoms with van der Waals surface area (Å²) < 4.78 is 35.3. The number of hydrogen-bond acceptors (Lipinski definition) is 4. The largest absolute Gasteiger partial charge is 0.497 e. The number of methoxy groups -OCH3 is 1. The van der Waals surface area contributed by atoms with Crippen LogP contribution in [-0.4, -0.2) is 42.0 Å². The molecule has 0 bridgehead atoms. The van der Waals surface area contributed by atoms with E-state index in [1.807, 2.05) is 16.8 Å². The Hall–Kier alpha value is -2.32. The van der Waals surface area contributed by atoms with Gasteiger partial charge in [0, 0.05) is 25.0 Å². The molecule has 0 spiro atoms. The molecule has 0 aliphatic carbocycles. The molecule has 0 radical (unpaired) electrons. The fraction of sp³-hybridized carbons (Fsp3) is 0.389. The molecule has 0 saturated heterocycles. The third kappa shape index (κ3) is 3.10. The van der Waals surface area contributed by atoms with E-state index in [0.717, 1.165) is 0 Å². The molecule has 26 heavy (non-hydrogen) atoms. The SMILES string of the molecule is COc1cc(C)c(S(=O)(=O)N2CCn3cccc3C2CC(=O)O)c(C)c1. The molecule has 1 aliphatic rings. The van der Waals surface area contributed by atoms with Crippen LogP contribution in [0.25, 0.3) is 0 Å². The zero-order valence-corrected chi connectivity index (χ0v) is 15.8. The summed E-state index contributed by atoms with van der Waals surface area (Å²) in [6.07, 6.45) is 1.56. The zero-order valence-electron chi connectivity index (χ0n) is 15.0. The lowest BCUT2D eigenvalue weighted by Gasteiger charge is -2.36. The Morgan fingerprint density at radius 2 is 1.92 bits per heavy atom. The predicted molar refractivity (Wildman–Crippen MR) is 95.8 cm³/mol. The number of carboxylic acids is 1. The van der Waals surface area contributed by atoms with Crippen LogP contribution in [0.3, 0.4) is 0 Å². The molecule has 3 rings (SSSR count). The normalized spacial score (nSPS) is 17.7. The number of sulfonamides is 1.